The smallest absolute Gasteiger partial charge is 0.245 e. The standard InChI is InChI=1S/C40H67N5O7/c1-14-26(6)35(44(11)40(50)33(24(2)3)42-39(49)34(25(4)5)43(9)10)31(51-12)23-32(46)45-22-18-21-30(45)37(52-13)27(7)38(48)41-28(8)36(47)29-19-16-15-17-20-29/h15-17,19-21,24-28,31,33-37,47H,14,18,22-23H2,1-13H3,(H,41,48)(H,42,49)/t26-,27+,28+,31?,33-,34-,35-,36?,37+/m0/s1. The molecule has 4 amide bonds. The molecule has 1 aromatic carbocycles. The molecule has 2 unspecified atom stereocenters. The quantitative estimate of drug-likeness (QED) is 0.183. The number of hydrogen-bond donors (Lipinski definition) is 3. The molecule has 0 spiro atoms. The molecule has 1 aliphatic rings. The van der Waals surface area contributed by atoms with Crippen molar-refractivity contribution in [1.82, 2.24) is 25.3 Å². The third-order valence-corrected chi connectivity index (χ3v) is 10.5. The van der Waals surface area contributed by atoms with Crippen molar-refractivity contribution >= 4 is 23.6 Å². The van der Waals surface area contributed by atoms with Crippen LogP contribution in [0, 0.1) is 23.7 Å². The first-order valence-corrected chi connectivity index (χ1v) is 18.8. The largest absolute Gasteiger partial charge is 0.386 e. The molecule has 0 saturated carbocycles. The molecule has 0 aromatic heterocycles. The van der Waals surface area contributed by atoms with E-state index >= 15 is 0 Å². The van der Waals surface area contributed by atoms with Crippen molar-refractivity contribution in [3.8, 4) is 0 Å². The number of carbonyl (C=O) groups is 4. The van der Waals surface area contributed by atoms with Gasteiger partial charge >= 0.3 is 0 Å². The number of aliphatic hydroxyl groups excluding tert-OH is 1. The number of carbonyl (C=O) groups excluding carboxylic acids is 4. The topological polar surface area (TPSA) is 141 Å². The van der Waals surface area contributed by atoms with Gasteiger partial charge in [0, 0.05) is 33.5 Å². The molecule has 1 aliphatic heterocycles. The number of ether oxygens (including phenoxy) is 2. The summed E-state index contributed by atoms with van der Waals surface area (Å²) in [6, 6.07) is 6.97. The lowest BCUT2D eigenvalue weighted by molar-refractivity contribution is -0.146. The molecule has 12 nitrogen and oxygen atoms in total. The summed E-state index contributed by atoms with van der Waals surface area (Å²) >= 11 is 0. The van der Waals surface area contributed by atoms with Crippen LogP contribution >= 0.6 is 0 Å². The van der Waals surface area contributed by atoms with Gasteiger partial charge in [-0.05, 0) is 50.8 Å². The summed E-state index contributed by atoms with van der Waals surface area (Å²) in [6.07, 6.45) is 1.00. The Labute approximate surface area is 312 Å². The summed E-state index contributed by atoms with van der Waals surface area (Å²) in [5.41, 5.74) is 1.31. The second-order valence-electron chi connectivity index (χ2n) is 15.2. The van der Waals surface area contributed by atoms with Crippen LogP contribution in [0.4, 0.5) is 0 Å². The molecule has 0 fully saturated rings. The fourth-order valence-electron chi connectivity index (χ4n) is 7.33. The highest BCUT2D eigenvalue weighted by Crippen LogP contribution is 2.29. The molecule has 294 valence electrons. The van der Waals surface area contributed by atoms with E-state index in [0.717, 1.165) is 6.42 Å². The van der Waals surface area contributed by atoms with E-state index in [0.29, 0.717) is 24.2 Å². The van der Waals surface area contributed by atoms with E-state index in [9.17, 15) is 24.3 Å². The molecule has 2 rings (SSSR count). The van der Waals surface area contributed by atoms with Crippen molar-refractivity contribution in [1.29, 1.82) is 0 Å². The van der Waals surface area contributed by atoms with Crippen LogP contribution in [0.1, 0.15) is 86.3 Å². The van der Waals surface area contributed by atoms with Gasteiger partial charge < -0.3 is 35.0 Å². The SMILES string of the molecule is CC[C@H](C)[C@@H](C(CC(=O)N1CCC=C1[C@H](OC)[C@@H](C)C(=O)N[C@H](C)C(O)c1ccccc1)OC)N(C)C(=O)[C@@H](NC(=O)[C@H](C(C)C)N(C)C)C(C)C. The van der Waals surface area contributed by atoms with Crippen LogP contribution in [0.5, 0.6) is 0 Å². The fourth-order valence-corrected chi connectivity index (χ4v) is 7.33. The number of aliphatic hydroxyl groups is 1. The number of methoxy groups -OCH3 is 2. The van der Waals surface area contributed by atoms with E-state index in [1.54, 1.807) is 37.8 Å². The number of benzene rings is 1. The van der Waals surface area contributed by atoms with Crippen LogP contribution < -0.4 is 10.6 Å². The van der Waals surface area contributed by atoms with Crippen LogP contribution in [0.3, 0.4) is 0 Å². The number of nitrogens with one attached hydrogen (secondary N) is 2. The summed E-state index contributed by atoms with van der Waals surface area (Å²) in [4.78, 5) is 60.3. The predicted octanol–water partition coefficient (Wildman–Crippen LogP) is 4.00. The Kier molecular flexibility index (Phi) is 17.9. The van der Waals surface area contributed by atoms with E-state index in [1.807, 2.05) is 96.9 Å². The van der Waals surface area contributed by atoms with Crippen molar-refractivity contribution in [2.75, 3.05) is 41.9 Å². The van der Waals surface area contributed by atoms with Gasteiger partial charge in [0.15, 0.2) is 0 Å². The molecule has 12 heteroatoms. The van der Waals surface area contributed by atoms with Gasteiger partial charge in [0.25, 0.3) is 0 Å². The number of hydrogen-bond acceptors (Lipinski definition) is 8. The highest BCUT2D eigenvalue weighted by Gasteiger charge is 2.41. The maximum atomic E-state index is 14.2. The van der Waals surface area contributed by atoms with E-state index in [4.69, 9.17) is 9.47 Å². The average Bonchev–Trinajstić information content (AvgIpc) is 3.59. The molecule has 0 saturated heterocycles. The van der Waals surface area contributed by atoms with Crippen molar-refractivity contribution in [3.05, 3.63) is 47.7 Å². The second-order valence-corrected chi connectivity index (χ2v) is 15.2. The van der Waals surface area contributed by atoms with E-state index in [2.05, 4.69) is 10.6 Å². The van der Waals surface area contributed by atoms with Crippen molar-refractivity contribution in [2.45, 2.75) is 117 Å². The lowest BCUT2D eigenvalue weighted by Crippen LogP contribution is -2.59. The number of amides is 4. The predicted molar refractivity (Wildman–Crippen MR) is 204 cm³/mol. The minimum Gasteiger partial charge on any atom is -0.386 e. The summed E-state index contributed by atoms with van der Waals surface area (Å²) in [5.74, 6) is -1.79. The van der Waals surface area contributed by atoms with Crippen molar-refractivity contribution in [3.63, 3.8) is 0 Å². The summed E-state index contributed by atoms with van der Waals surface area (Å²) in [7, 11) is 8.49. The summed E-state index contributed by atoms with van der Waals surface area (Å²) < 4.78 is 11.8. The van der Waals surface area contributed by atoms with Gasteiger partial charge in [0.2, 0.25) is 23.6 Å². The molecule has 9 atom stereocenters. The number of likely N-dealkylation sites (N-methyl/N-ethyl adjacent to an activating group) is 2. The number of nitrogens with zero attached hydrogens (tertiary/aromatic N) is 3. The van der Waals surface area contributed by atoms with Crippen LogP contribution in [-0.4, -0.2) is 122 Å². The van der Waals surface area contributed by atoms with Gasteiger partial charge in [-0.2, -0.15) is 0 Å². The van der Waals surface area contributed by atoms with E-state index in [1.165, 1.54) is 7.11 Å². The van der Waals surface area contributed by atoms with Crippen molar-refractivity contribution in [2.24, 2.45) is 23.7 Å². The zero-order valence-electron chi connectivity index (χ0n) is 33.9. The third kappa shape index (κ3) is 11.3. The summed E-state index contributed by atoms with van der Waals surface area (Å²) in [5, 5.41) is 16.8. The molecule has 0 aliphatic carbocycles. The molecule has 3 N–H and O–H groups in total. The second kappa shape index (κ2) is 20.8. The van der Waals surface area contributed by atoms with E-state index in [-0.39, 0.29) is 47.8 Å². The lowest BCUT2D eigenvalue weighted by Gasteiger charge is -2.40. The number of rotatable bonds is 20. The van der Waals surface area contributed by atoms with Crippen molar-refractivity contribution < 1.29 is 33.8 Å². The lowest BCUT2D eigenvalue weighted by atomic mass is 9.89. The first-order chi connectivity index (χ1) is 24.4. The molecule has 52 heavy (non-hydrogen) atoms. The Balaban J connectivity index is 2.26. The Hall–Kier alpha value is -3.32. The van der Waals surface area contributed by atoms with Gasteiger partial charge in [0.1, 0.15) is 12.1 Å². The van der Waals surface area contributed by atoms with E-state index < -0.39 is 48.4 Å². The zero-order valence-corrected chi connectivity index (χ0v) is 33.9. The zero-order chi connectivity index (χ0) is 39.4. The Bertz CT molecular complexity index is 1330. The van der Waals surface area contributed by atoms with Crippen LogP contribution in [0.15, 0.2) is 42.1 Å². The van der Waals surface area contributed by atoms with Crippen LogP contribution in [0.25, 0.3) is 0 Å². The minimum atomic E-state index is -0.890. The molecule has 1 aromatic rings. The molecular formula is C40H67N5O7. The average molecular weight is 730 g/mol. The Morgan fingerprint density at radius 3 is 2.00 bits per heavy atom. The normalized spacial score (nSPS) is 18.6. The maximum Gasteiger partial charge on any atom is 0.245 e. The molecule has 0 radical (unpaired) electrons. The van der Waals surface area contributed by atoms with Gasteiger partial charge in [-0.1, -0.05) is 91.3 Å². The third-order valence-electron chi connectivity index (χ3n) is 10.5. The molecule has 1 heterocycles. The van der Waals surface area contributed by atoms with Gasteiger partial charge in [-0.25, -0.2) is 0 Å². The van der Waals surface area contributed by atoms with Crippen LogP contribution in [-0.2, 0) is 28.7 Å². The summed E-state index contributed by atoms with van der Waals surface area (Å²) in [6.45, 7) is 15.8. The van der Waals surface area contributed by atoms with Crippen LogP contribution in [0.2, 0.25) is 0 Å². The molecular weight excluding hydrogens is 662 g/mol. The monoisotopic (exact) mass is 730 g/mol. The maximum absolute atomic E-state index is 14.2. The highest BCUT2D eigenvalue weighted by molar-refractivity contribution is 5.90. The fraction of sp³-hybridized carbons (Fsp3) is 0.700. The molecule has 0 bridgehead atoms. The van der Waals surface area contributed by atoms with Gasteiger partial charge in [0.05, 0.1) is 42.7 Å². The highest BCUT2D eigenvalue weighted by atomic mass is 16.5. The first-order valence-electron chi connectivity index (χ1n) is 18.8. The Morgan fingerprint density at radius 1 is 0.885 bits per heavy atom. The Morgan fingerprint density at radius 2 is 1.50 bits per heavy atom. The first kappa shape index (κ1) is 44.8. The van der Waals surface area contributed by atoms with Gasteiger partial charge in [-0.15, -0.1) is 0 Å². The van der Waals surface area contributed by atoms with Gasteiger partial charge in [-0.3, -0.25) is 24.1 Å². The minimum absolute atomic E-state index is 0.00740.